The maximum Gasteiger partial charge on any atom is 0.323 e. The normalized spacial score (nSPS) is 16.2. The quantitative estimate of drug-likeness (QED) is 0.359. The molecule has 0 radical (unpaired) electrons. The number of halogens is 2. The Morgan fingerprint density at radius 2 is 1.95 bits per heavy atom. The second kappa shape index (κ2) is 14.3. The Morgan fingerprint density at radius 3 is 2.56 bits per heavy atom. The molecule has 10 heteroatoms. The maximum absolute atomic E-state index is 12.6. The van der Waals surface area contributed by atoms with Crippen molar-refractivity contribution in [3.05, 3.63) is 51.9 Å². The summed E-state index contributed by atoms with van der Waals surface area (Å²) in [6, 6.07) is 7.86. The summed E-state index contributed by atoms with van der Waals surface area (Å²) >= 11 is 0. The molecule has 0 bridgehead atoms. The lowest BCUT2D eigenvalue weighted by Crippen LogP contribution is -2.42. The van der Waals surface area contributed by atoms with E-state index < -0.39 is 0 Å². The van der Waals surface area contributed by atoms with Gasteiger partial charge in [-0.1, -0.05) is 19.9 Å². The molecular formula is C29H43Cl2N5O3. The number of benzene rings is 1. The minimum absolute atomic E-state index is 0. The minimum atomic E-state index is -0.375. The maximum atomic E-state index is 12.6. The first-order valence-electron chi connectivity index (χ1n) is 13.5. The molecule has 2 N–H and O–H groups in total. The lowest BCUT2D eigenvalue weighted by Gasteiger charge is -2.24. The molecule has 0 amide bonds. The van der Waals surface area contributed by atoms with Crippen molar-refractivity contribution in [3.63, 3.8) is 0 Å². The van der Waals surface area contributed by atoms with Crippen LogP contribution in [0.5, 0.6) is 0 Å². The van der Waals surface area contributed by atoms with Gasteiger partial charge in [0.25, 0.3) is 5.56 Å². The van der Waals surface area contributed by atoms with Gasteiger partial charge in [-0.2, -0.15) is 0 Å². The van der Waals surface area contributed by atoms with Crippen molar-refractivity contribution >= 4 is 41.8 Å². The zero-order valence-corrected chi connectivity index (χ0v) is 25.5. The highest BCUT2D eigenvalue weighted by Crippen LogP contribution is 2.28. The third-order valence-corrected chi connectivity index (χ3v) is 7.07. The Labute approximate surface area is 243 Å². The summed E-state index contributed by atoms with van der Waals surface area (Å²) in [7, 11) is 1.79. The number of rotatable bonds is 9. The number of nitrogens with zero attached hydrogens (tertiary/aromatic N) is 3. The summed E-state index contributed by atoms with van der Waals surface area (Å²) in [5, 5.41) is 6.94. The molecule has 0 spiro atoms. The van der Waals surface area contributed by atoms with Crippen LogP contribution in [0.15, 0.2) is 35.3 Å². The molecule has 2 aromatic heterocycles. The van der Waals surface area contributed by atoms with Crippen molar-refractivity contribution in [3.8, 4) is 11.4 Å². The van der Waals surface area contributed by atoms with E-state index in [0.29, 0.717) is 18.0 Å². The van der Waals surface area contributed by atoms with Crippen LogP contribution in [0.1, 0.15) is 51.7 Å². The average Bonchev–Trinajstić information content (AvgIpc) is 3.20. The fourth-order valence-electron chi connectivity index (χ4n) is 5.15. The van der Waals surface area contributed by atoms with Gasteiger partial charge in [-0.25, -0.2) is 4.98 Å². The van der Waals surface area contributed by atoms with Crippen LogP contribution in [0.25, 0.3) is 22.4 Å². The third-order valence-electron chi connectivity index (χ3n) is 7.07. The largest absolute Gasteiger partial charge is 0.462 e. The number of aromatic nitrogens is 3. The summed E-state index contributed by atoms with van der Waals surface area (Å²) in [5.74, 6) is 1.29. The van der Waals surface area contributed by atoms with Crippen LogP contribution in [-0.4, -0.2) is 45.3 Å². The second-order valence-electron chi connectivity index (χ2n) is 11.0. The molecule has 1 aliphatic heterocycles. The average molecular weight is 581 g/mol. The first kappa shape index (κ1) is 32.8. The molecule has 3 aromatic rings. The number of nitrogens with one attached hydrogen (secondary N) is 2. The number of ether oxygens (including phenoxy) is 1. The molecular weight excluding hydrogens is 537 g/mol. The van der Waals surface area contributed by atoms with E-state index in [9.17, 15) is 9.59 Å². The zero-order chi connectivity index (χ0) is 26.7. The second-order valence-corrected chi connectivity index (χ2v) is 11.0. The summed E-state index contributed by atoms with van der Waals surface area (Å²) in [6.07, 6.45) is 4.08. The van der Waals surface area contributed by atoms with Crippen molar-refractivity contribution in [2.45, 2.75) is 72.7 Å². The highest BCUT2D eigenvalue weighted by atomic mass is 35.5. The fraction of sp³-hybridized carbons (Fsp3) is 0.552. The molecule has 39 heavy (non-hydrogen) atoms. The number of hydrogen-bond donors (Lipinski definition) is 2. The molecule has 216 valence electrons. The van der Waals surface area contributed by atoms with Gasteiger partial charge in [-0.05, 0) is 82.3 Å². The standard InChI is InChI=1S/C29H41N5O3.2ClH/c1-18(2)26(29(36)37-19(3)4)31-15-21-9-10-24-25(13-21)34(16-22-8-7-11-30-14-22)27(32-24)23-12-20(5)28(35)33(6)17-23;;/h9-10,12-13,17-19,22,26,30-31H,7-8,11,14-16H2,1-6H3;2*1H/t22-,26+;;/m1../s1. The van der Waals surface area contributed by atoms with Crippen molar-refractivity contribution < 1.29 is 9.53 Å². The van der Waals surface area contributed by atoms with Crippen LogP contribution in [0.3, 0.4) is 0 Å². The van der Waals surface area contributed by atoms with E-state index in [4.69, 9.17) is 9.72 Å². The highest BCUT2D eigenvalue weighted by molar-refractivity contribution is 5.85. The number of piperidine rings is 1. The van der Waals surface area contributed by atoms with E-state index in [2.05, 4.69) is 33.4 Å². The third kappa shape index (κ3) is 7.84. The molecule has 1 fully saturated rings. The molecule has 0 saturated carbocycles. The highest BCUT2D eigenvalue weighted by Gasteiger charge is 2.24. The SMILES string of the molecule is Cc1cc(-c2nc3ccc(CN[C@H](C(=O)OC(C)C)C(C)C)cc3n2C[C@@H]2CCCNC2)cn(C)c1=O.Cl.Cl. The number of aryl methyl sites for hydroxylation is 2. The Hall–Kier alpha value is -2.39. The van der Waals surface area contributed by atoms with Crippen LogP contribution in [-0.2, 0) is 29.7 Å². The molecule has 1 saturated heterocycles. The van der Waals surface area contributed by atoms with E-state index in [1.807, 2.05) is 46.9 Å². The minimum Gasteiger partial charge on any atom is -0.462 e. The van der Waals surface area contributed by atoms with E-state index in [1.54, 1.807) is 11.6 Å². The van der Waals surface area contributed by atoms with Crippen LogP contribution in [0.4, 0.5) is 0 Å². The van der Waals surface area contributed by atoms with E-state index >= 15 is 0 Å². The van der Waals surface area contributed by atoms with E-state index in [-0.39, 0.29) is 54.4 Å². The van der Waals surface area contributed by atoms with Gasteiger partial charge in [-0.3, -0.25) is 9.59 Å². The van der Waals surface area contributed by atoms with Crippen LogP contribution >= 0.6 is 24.8 Å². The van der Waals surface area contributed by atoms with Crippen molar-refractivity contribution in [1.82, 2.24) is 24.8 Å². The summed E-state index contributed by atoms with van der Waals surface area (Å²) in [6.45, 7) is 13.1. The van der Waals surface area contributed by atoms with Crippen molar-refractivity contribution in [2.75, 3.05) is 13.1 Å². The van der Waals surface area contributed by atoms with Crippen molar-refractivity contribution in [2.24, 2.45) is 18.9 Å². The Kier molecular flexibility index (Phi) is 12.0. The fourth-order valence-corrected chi connectivity index (χ4v) is 5.15. The molecule has 0 unspecified atom stereocenters. The number of imidazole rings is 1. The van der Waals surface area contributed by atoms with Crippen LogP contribution < -0.4 is 16.2 Å². The Bertz CT molecular complexity index is 1290. The number of esters is 1. The number of carbonyl (C=O) groups excluding carboxylic acids is 1. The molecule has 1 aromatic carbocycles. The summed E-state index contributed by atoms with van der Waals surface area (Å²) in [5.41, 5.74) is 4.73. The monoisotopic (exact) mass is 579 g/mol. The van der Waals surface area contributed by atoms with E-state index in [0.717, 1.165) is 47.6 Å². The van der Waals surface area contributed by atoms with Crippen LogP contribution in [0, 0.1) is 18.8 Å². The number of pyridine rings is 1. The molecule has 4 rings (SSSR count). The first-order valence-corrected chi connectivity index (χ1v) is 13.5. The topological polar surface area (TPSA) is 90.2 Å². The predicted octanol–water partition coefficient (Wildman–Crippen LogP) is 4.62. The summed E-state index contributed by atoms with van der Waals surface area (Å²) in [4.78, 5) is 30.0. The van der Waals surface area contributed by atoms with Gasteiger partial charge >= 0.3 is 5.97 Å². The lowest BCUT2D eigenvalue weighted by atomic mass is 9.99. The zero-order valence-electron chi connectivity index (χ0n) is 23.8. The number of hydrogen-bond acceptors (Lipinski definition) is 6. The van der Waals surface area contributed by atoms with Crippen LogP contribution in [0.2, 0.25) is 0 Å². The molecule has 3 heterocycles. The predicted molar refractivity (Wildman–Crippen MR) is 162 cm³/mol. The van der Waals surface area contributed by atoms with Gasteiger partial charge in [-0.15, -0.1) is 24.8 Å². The van der Waals surface area contributed by atoms with Gasteiger partial charge < -0.3 is 24.5 Å². The van der Waals surface area contributed by atoms with Crippen molar-refractivity contribution in [1.29, 1.82) is 0 Å². The van der Waals surface area contributed by atoms with Gasteiger partial charge in [0.05, 0.1) is 17.1 Å². The van der Waals surface area contributed by atoms with Gasteiger partial charge in [0, 0.05) is 37.5 Å². The lowest BCUT2D eigenvalue weighted by molar-refractivity contribution is -0.151. The number of carbonyl (C=O) groups is 1. The first-order chi connectivity index (χ1) is 17.6. The van der Waals surface area contributed by atoms with E-state index in [1.165, 1.54) is 12.8 Å². The molecule has 0 aliphatic carbocycles. The Balaban J connectivity index is 0.00000267. The Morgan fingerprint density at radius 1 is 1.21 bits per heavy atom. The molecule has 2 atom stereocenters. The molecule has 8 nitrogen and oxygen atoms in total. The molecule has 1 aliphatic rings. The van der Waals surface area contributed by atoms with Gasteiger partial charge in [0.15, 0.2) is 0 Å². The number of fused-ring (bicyclic) bond motifs is 1. The van der Waals surface area contributed by atoms with Gasteiger partial charge in [0.2, 0.25) is 0 Å². The smallest absolute Gasteiger partial charge is 0.323 e. The summed E-state index contributed by atoms with van der Waals surface area (Å²) < 4.78 is 9.41. The van der Waals surface area contributed by atoms with Gasteiger partial charge in [0.1, 0.15) is 11.9 Å².